The van der Waals surface area contributed by atoms with Crippen LogP contribution in [-0.4, -0.2) is 58.7 Å². The van der Waals surface area contributed by atoms with Crippen molar-refractivity contribution in [3.63, 3.8) is 0 Å². The number of aromatic nitrogens is 1. The number of piperidine rings is 1. The Bertz CT molecular complexity index is 1080. The number of nitrogens with zero attached hydrogens (tertiary/aromatic N) is 4. The molecule has 3 aliphatic rings. The molecule has 0 unspecified atom stereocenters. The summed E-state index contributed by atoms with van der Waals surface area (Å²) < 4.78 is 0. The molecule has 1 aromatic carbocycles. The van der Waals surface area contributed by atoms with Gasteiger partial charge in [0.2, 0.25) is 5.91 Å². The minimum atomic E-state index is -0.416. The van der Waals surface area contributed by atoms with Gasteiger partial charge in [-0.2, -0.15) is 0 Å². The third kappa shape index (κ3) is 4.24. The number of benzene rings is 1. The van der Waals surface area contributed by atoms with E-state index in [1.54, 1.807) is 12.3 Å². The fraction of sp³-hybridized carbons (Fsp3) is 0.538. The Hall–Kier alpha value is -2.74. The van der Waals surface area contributed by atoms with Gasteiger partial charge in [0.05, 0.1) is 28.8 Å². The molecule has 34 heavy (non-hydrogen) atoms. The van der Waals surface area contributed by atoms with Gasteiger partial charge in [-0.15, -0.1) is 11.3 Å². The number of carbonyl (C=O) groups excluding carboxylic acids is 3. The van der Waals surface area contributed by atoms with Gasteiger partial charge < -0.3 is 9.80 Å². The lowest BCUT2D eigenvalue weighted by Gasteiger charge is -2.37. The topological polar surface area (TPSA) is 73.8 Å². The fourth-order valence-electron chi connectivity index (χ4n) is 5.28. The van der Waals surface area contributed by atoms with Crippen LogP contribution in [0.1, 0.15) is 77.7 Å². The van der Waals surface area contributed by atoms with E-state index < -0.39 is 6.04 Å². The van der Waals surface area contributed by atoms with E-state index in [1.807, 2.05) is 24.4 Å². The number of imide groups is 1. The molecule has 0 radical (unpaired) electrons. The number of rotatable bonds is 8. The predicted molar refractivity (Wildman–Crippen MR) is 132 cm³/mol. The van der Waals surface area contributed by atoms with E-state index in [0.717, 1.165) is 49.6 Å². The van der Waals surface area contributed by atoms with Crippen molar-refractivity contribution in [2.24, 2.45) is 11.8 Å². The molecule has 2 atom stereocenters. The summed E-state index contributed by atoms with van der Waals surface area (Å²) in [7, 11) is 0. The maximum atomic E-state index is 13.5. The van der Waals surface area contributed by atoms with Crippen molar-refractivity contribution >= 4 is 34.7 Å². The molecule has 3 amide bonds. The Balaban J connectivity index is 1.38. The molecule has 1 saturated carbocycles. The van der Waals surface area contributed by atoms with Crippen LogP contribution in [0.2, 0.25) is 0 Å². The van der Waals surface area contributed by atoms with Gasteiger partial charge >= 0.3 is 0 Å². The van der Waals surface area contributed by atoms with Crippen LogP contribution in [0.5, 0.6) is 0 Å². The van der Waals surface area contributed by atoms with Crippen LogP contribution in [-0.2, 0) is 4.79 Å². The highest BCUT2D eigenvalue weighted by Crippen LogP contribution is 2.38. The lowest BCUT2D eigenvalue weighted by molar-refractivity contribution is -0.136. The molecule has 3 heterocycles. The van der Waals surface area contributed by atoms with Gasteiger partial charge in [-0.1, -0.05) is 13.0 Å². The summed E-state index contributed by atoms with van der Waals surface area (Å²) in [5, 5.41) is 2.59. The first-order valence-electron chi connectivity index (χ1n) is 12.4. The van der Waals surface area contributed by atoms with Crippen LogP contribution in [0.25, 0.3) is 0 Å². The number of anilines is 1. The fourth-order valence-corrected chi connectivity index (χ4v) is 5.97. The van der Waals surface area contributed by atoms with E-state index in [4.69, 9.17) is 0 Å². The van der Waals surface area contributed by atoms with Gasteiger partial charge in [-0.05, 0) is 57.1 Å². The molecular weight excluding hydrogens is 448 g/mol. The van der Waals surface area contributed by atoms with Crippen molar-refractivity contribution in [2.75, 3.05) is 31.1 Å². The second-order valence-corrected chi connectivity index (χ2v) is 10.7. The van der Waals surface area contributed by atoms with Crippen LogP contribution >= 0.6 is 11.3 Å². The highest BCUT2D eigenvalue weighted by Gasteiger charge is 2.43. The quantitative estimate of drug-likeness (QED) is 0.525. The molecule has 2 aliphatic heterocycles. The summed E-state index contributed by atoms with van der Waals surface area (Å²) in [4.78, 5) is 50.0. The normalized spacial score (nSPS) is 21.1. The van der Waals surface area contributed by atoms with Gasteiger partial charge in [-0.25, -0.2) is 4.98 Å². The predicted octanol–water partition coefficient (Wildman–Crippen LogP) is 4.37. The van der Waals surface area contributed by atoms with Crippen LogP contribution in [0.3, 0.4) is 0 Å². The highest BCUT2D eigenvalue weighted by atomic mass is 32.1. The zero-order valence-corrected chi connectivity index (χ0v) is 20.7. The number of fused-ring (bicyclic) bond motifs is 1. The molecule has 0 spiro atoms. The summed E-state index contributed by atoms with van der Waals surface area (Å²) in [6, 6.07) is 5.08. The van der Waals surface area contributed by atoms with E-state index >= 15 is 0 Å². The summed E-state index contributed by atoms with van der Waals surface area (Å²) in [5.41, 5.74) is 1.68. The largest absolute Gasteiger partial charge is 0.370 e. The van der Waals surface area contributed by atoms with Gasteiger partial charge in [0, 0.05) is 37.8 Å². The van der Waals surface area contributed by atoms with Crippen molar-refractivity contribution in [3.8, 4) is 0 Å². The Morgan fingerprint density at radius 1 is 1.24 bits per heavy atom. The first kappa shape index (κ1) is 23.0. The average Bonchev–Trinajstić information content (AvgIpc) is 3.42. The van der Waals surface area contributed by atoms with Gasteiger partial charge in [0.25, 0.3) is 11.8 Å². The van der Waals surface area contributed by atoms with Gasteiger partial charge in [0.15, 0.2) is 0 Å². The van der Waals surface area contributed by atoms with Crippen molar-refractivity contribution < 1.29 is 14.4 Å². The molecule has 0 N–H and O–H groups in total. The number of carbonyl (C=O) groups is 3. The molecule has 2 aromatic rings. The maximum Gasteiger partial charge on any atom is 0.264 e. The van der Waals surface area contributed by atoms with E-state index in [-0.39, 0.29) is 23.6 Å². The van der Waals surface area contributed by atoms with Crippen LogP contribution in [0.15, 0.2) is 29.8 Å². The Morgan fingerprint density at radius 3 is 2.76 bits per heavy atom. The molecular formula is C26H32N4O3S. The molecule has 2 fully saturated rings. The highest BCUT2D eigenvalue weighted by molar-refractivity contribution is 7.09. The van der Waals surface area contributed by atoms with Gasteiger partial charge in [-0.3, -0.25) is 19.3 Å². The van der Waals surface area contributed by atoms with Crippen LogP contribution in [0.4, 0.5) is 5.69 Å². The van der Waals surface area contributed by atoms with E-state index in [0.29, 0.717) is 23.6 Å². The average molecular weight is 481 g/mol. The first-order valence-corrected chi connectivity index (χ1v) is 13.3. The summed E-state index contributed by atoms with van der Waals surface area (Å²) in [6.07, 6.45) is 6.87. The zero-order chi connectivity index (χ0) is 23.8. The van der Waals surface area contributed by atoms with Crippen LogP contribution in [0, 0.1) is 11.8 Å². The van der Waals surface area contributed by atoms with E-state index in [9.17, 15) is 14.4 Å². The lowest BCUT2D eigenvalue weighted by atomic mass is 9.94. The van der Waals surface area contributed by atoms with Gasteiger partial charge in [0.1, 0.15) is 5.01 Å². The zero-order valence-electron chi connectivity index (χ0n) is 19.9. The minimum Gasteiger partial charge on any atom is -0.370 e. The monoisotopic (exact) mass is 480 g/mol. The van der Waals surface area contributed by atoms with Crippen LogP contribution < -0.4 is 4.90 Å². The Morgan fingerprint density at radius 2 is 2.06 bits per heavy atom. The Kier molecular flexibility index (Phi) is 6.42. The third-order valence-corrected chi connectivity index (χ3v) is 8.16. The van der Waals surface area contributed by atoms with Crippen molar-refractivity contribution in [1.82, 2.24) is 14.8 Å². The summed E-state index contributed by atoms with van der Waals surface area (Å²) in [5.74, 6) is 0.294. The summed E-state index contributed by atoms with van der Waals surface area (Å²) >= 11 is 1.44. The van der Waals surface area contributed by atoms with Crippen molar-refractivity contribution in [2.45, 2.75) is 52.0 Å². The lowest BCUT2D eigenvalue weighted by Crippen LogP contribution is -2.46. The number of hydrogen-bond acceptors (Lipinski definition) is 6. The number of thiazole rings is 1. The molecule has 7 nitrogen and oxygen atoms in total. The second kappa shape index (κ2) is 9.49. The molecule has 1 aliphatic carbocycles. The molecule has 1 aromatic heterocycles. The van der Waals surface area contributed by atoms with Crippen molar-refractivity contribution in [1.29, 1.82) is 0 Å². The minimum absolute atomic E-state index is 0.0764. The second-order valence-electron chi connectivity index (χ2n) is 9.74. The summed E-state index contributed by atoms with van der Waals surface area (Å²) in [6.45, 7) is 7.01. The number of hydrogen-bond donors (Lipinski definition) is 0. The molecule has 8 heteroatoms. The van der Waals surface area contributed by atoms with E-state index in [1.165, 1.54) is 29.1 Å². The first-order chi connectivity index (χ1) is 16.5. The van der Waals surface area contributed by atoms with Crippen molar-refractivity contribution in [3.05, 3.63) is 45.9 Å². The maximum absolute atomic E-state index is 13.5. The van der Waals surface area contributed by atoms with E-state index in [2.05, 4.69) is 21.7 Å². The third-order valence-electron chi connectivity index (χ3n) is 7.21. The smallest absolute Gasteiger partial charge is 0.264 e. The molecule has 180 valence electrons. The number of amides is 3. The SMILES string of the molecule is CCCN(CC1CC1)C(=O)[C@H]1CCCN(c2cccc3c2C(=O)N([C@H](C)c2nccs2)C3=O)C1. The molecule has 1 saturated heterocycles. The molecule has 0 bridgehead atoms. The molecule has 5 rings (SSSR count). The Labute approximate surface area is 204 Å². The standard InChI is InChI=1S/C26H32N4O3S/c1-3-12-29(15-18-9-10-18)24(31)19-6-5-13-28(16-19)21-8-4-7-20-22(21)26(33)30(25(20)32)17(2)23-27-11-14-34-23/h4,7-8,11,14,17-19H,3,5-6,9-10,12-13,15-16H2,1-2H3/t17-,19+/m1/s1.